The van der Waals surface area contributed by atoms with Gasteiger partial charge in [0.15, 0.2) is 11.6 Å². The molecule has 0 fully saturated rings. The van der Waals surface area contributed by atoms with Crippen LogP contribution in [0.25, 0.3) is 0 Å². The van der Waals surface area contributed by atoms with Crippen molar-refractivity contribution in [2.45, 2.75) is 13.3 Å². The number of aryl methyl sites for hydroxylation is 1. The van der Waals surface area contributed by atoms with Crippen molar-refractivity contribution in [3.8, 4) is 0 Å². The smallest absolute Gasteiger partial charge is 0.269 e. The van der Waals surface area contributed by atoms with E-state index >= 15 is 0 Å². The normalized spacial score (nSPS) is 10.3. The molecule has 3 rings (SSSR count). The van der Waals surface area contributed by atoms with E-state index in [1.54, 1.807) is 24.3 Å². The number of anilines is 4. The van der Waals surface area contributed by atoms with E-state index in [4.69, 9.17) is 17.3 Å². The predicted octanol–water partition coefficient (Wildman–Crippen LogP) is 3.78. The minimum atomic E-state index is -0.361. The number of carbonyl (C=O) groups excluding carboxylic acids is 1. The van der Waals surface area contributed by atoms with Gasteiger partial charge in [-0.25, -0.2) is 9.97 Å². The molecule has 0 saturated carbocycles. The van der Waals surface area contributed by atoms with Gasteiger partial charge in [-0.3, -0.25) is 15.6 Å². The van der Waals surface area contributed by atoms with Crippen LogP contribution >= 0.6 is 11.6 Å². The number of rotatable bonds is 6. The van der Waals surface area contributed by atoms with Crippen LogP contribution in [0.2, 0.25) is 5.02 Å². The Kier molecular flexibility index (Phi) is 5.73. The lowest BCUT2D eigenvalue weighted by Crippen LogP contribution is -2.30. The standard InChI is InChI=1S/C19H19ClN6O/c1-2-12-6-8-15(9-7-12)24-17-16(21)18(23-11-22-17)25-26-19(27)13-4-3-5-14(20)10-13/h3-11H,2,21H2,1H3,(H,26,27)(H2,22,23,24,25). The van der Waals surface area contributed by atoms with Crippen molar-refractivity contribution in [1.82, 2.24) is 15.4 Å². The molecule has 0 bridgehead atoms. The fourth-order valence-electron chi connectivity index (χ4n) is 2.37. The van der Waals surface area contributed by atoms with Crippen LogP contribution in [0.1, 0.15) is 22.8 Å². The average Bonchev–Trinajstić information content (AvgIpc) is 2.69. The van der Waals surface area contributed by atoms with Crippen LogP contribution in [0.4, 0.5) is 23.0 Å². The monoisotopic (exact) mass is 382 g/mol. The van der Waals surface area contributed by atoms with E-state index in [9.17, 15) is 4.79 Å². The second-order valence-electron chi connectivity index (χ2n) is 5.75. The summed E-state index contributed by atoms with van der Waals surface area (Å²) in [4.78, 5) is 20.4. The Morgan fingerprint density at radius 2 is 1.85 bits per heavy atom. The zero-order valence-corrected chi connectivity index (χ0v) is 15.4. The summed E-state index contributed by atoms with van der Waals surface area (Å²) in [7, 11) is 0. The number of benzene rings is 2. The first kappa shape index (κ1) is 18.5. The summed E-state index contributed by atoms with van der Waals surface area (Å²) in [5.74, 6) is 0.363. The molecule has 1 amide bonds. The van der Waals surface area contributed by atoms with Gasteiger partial charge in [0.05, 0.1) is 0 Å². The molecule has 0 aliphatic carbocycles. The molecule has 2 aromatic carbocycles. The van der Waals surface area contributed by atoms with E-state index in [1.807, 2.05) is 24.3 Å². The second kappa shape index (κ2) is 8.37. The highest BCUT2D eigenvalue weighted by Gasteiger charge is 2.11. The molecule has 0 spiro atoms. The Balaban J connectivity index is 1.69. The number of aromatic nitrogens is 2. The molecule has 0 aliphatic rings. The van der Waals surface area contributed by atoms with E-state index in [0.717, 1.165) is 12.1 Å². The van der Waals surface area contributed by atoms with Gasteiger partial charge < -0.3 is 11.1 Å². The summed E-state index contributed by atoms with van der Waals surface area (Å²) in [5, 5.41) is 3.62. The number of hydrazine groups is 1. The SMILES string of the molecule is CCc1ccc(Nc2ncnc(NNC(=O)c3cccc(Cl)c3)c2N)cc1. The number of carbonyl (C=O) groups is 1. The van der Waals surface area contributed by atoms with Crippen LogP contribution in [-0.2, 0) is 6.42 Å². The number of nitrogen functional groups attached to an aromatic ring is 1. The first-order valence-electron chi connectivity index (χ1n) is 8.35. The maximum atomic E-state index is 12.2. The van der Waals surface area contributed by atoms with Crippen molar-refractivity contribution >= 4 is 40.5 Å². The molecule has 0 aliphatic heterocycles. The van der Waals surface area contributed by atoms with Gasteiger partial charge in [0, 0.05) is 16.3 Å². The minimum absolute atomic E-state index is 0.281. The van der Waals surface area contributed by atoms with Gasteiger partial charge in [-0.15, -0.1) is 0 Å². The van der Waals surface area contributed by atoms with Gasteiger partial charge in [0.1, 0.15) is 12.0 Å². The number of hydrogen-bond acceptors (Lipinski definition) is 6. The summed E-state index contributed by atoms with van der Waals surface area (Å²) in [6.45, 7) is 2.10. The van der Waals surface area contributed by atoms with Gasteiger partial charge in [-0.05, 0) is 42.3 Å². The average molecular weight is 383 g/mol. The van der Waals surface area contributed by atoms with E-state index in [1.165, 1.54) is 11.9 Å². The number of halogens is 1. The van der Waals surface area contributed by atoms with Crippen LogP contribution in [0.15, 0.2) is 54.9 Å². The van der Waals surface area contributed by atoms with Gasteiger partial charge in [-0.1, -0.05) is 36.7 Å². The highest BCUT2D eigenvalue weighted by atomic mass is 35.5. The zero-order chi connectivity index (χ0) is 19.2. The lowest BCUT2D eigenvalue weighted by atomic mass is 10.1. The van der Waals surface area contributed by atoms with Crippen LogP contribution in [0.3, 0.4) is 0 Å². The summed E-state index contributed by atoms with van der Waals surface area (Å²) < 4.78 is 0. The van der Waals surface area contributed by atoms with Gasteiger partial charge in [0.2, 0.25) is 0 Å². The van der Waals surface area contributed by atoms with Crippen molar-refractivity contribution in [3.63, 3.8) is 0 Å². The zero-order valence-electron chi connectivity index (χ0n) is 14.7. The number of nitrogens with one attached hydrogen (secondary N) is 3. The number of hydrogen-bond donors (Lipinski definition) is 4. The molecule has 0 unspecified atom stereocenters. The van der Waals surface area contributed by atoms with Crippen LogP contribution in [0, 0.1) is 0 Å². The number of nitrogens with zero attached hydrogens (tertiary/aromatic N) is 2. The number of nitrogens with two attached hydrogens (primary N) is 1. The molecule has 27 heavy (non-hydrogen) atoms. The van der Waals surface area contributed by atoms with Gasteiger partial charge in [-0.2, -0.15) is 0 Å². The highest BCUT2D eigenvalue weighted by Crippen LogP contribution is 2.25. The van der Waals surface area contributed by atoms with Crippen molar-refractivity contribution in [1.29, 1.82) is 0 Å². The second-order valence-corrected chi connectivity index (χ2v) is 6.19. The van der Waals surface area contributed by atoms with E-state index in [2.05, 4.69) is 33.1 Å². The summed E-state index contributed by atoms with van der Waals surface area (Å²) in [6.07, 6.45) is 2.32. The minimum Gasteiger partial charge on any atom is -0.393 e. The van der Waals surface area contributed by atoms with Crippen molar-refractivity contribution in [2.24, 2.45) is 0 Å². The molecular formula is C19H19ClN6O. The molecule has 138 valence electrons. The van der Waals surface area contributed by atoms with Crippen molar-refractivity contribution < 1.29 is 4.79 Å². The van der Waals surface area contributed by atoms with E-state index in [0.29, 0.717) is 16.4 Å². The Morgan fingerprint density at radius 1 is 1.11 bits per heavy atom. The van der Waals surface area contributed by atoms with Crippen LogP contribution in [0.5, 0.6) is 0 Å². The first-order valence-corrected chi connectivity index (χ1v) is 8.73. The summed E-state index contributed by atoms with van der Waals surface area (Å²) in [6, 6.07) is 14.6. The Labute approximate surface area is 162 Å². The molecule has 8 heteroatoms. The third kappa shape index (κ3) is 4.65. The lowest BCUT2D eigenvalue weighted by molar-refractivity contribution is 0.0962. The number of amides is 1. The maximum Gasteiger partial charge on any atom is 0.269 e. The van der Waals surface area contributed by atoms with Crippen LogP contribution in [-0.4, -0.2) is 15.9 Å². The molecule has 0 radical (unpaired) electrons. The fourth-order valence-corrected chi connectivity index (χ4v) is 2.56. The molecule has 3 aromatic rings. The molecule has 7 nitrogen and oxygen atoms in total. The first-order chi connectivity index (χ1) is 13.1. The van der Waals surface area contributed by atoms with Crippen LogP contribution < -0.4 is 21.9 Å². The molecule has 0 atom stereocenters. The quantitative estimate of drug-likeness (QED) is 0.483. The Hall–Kier alpha value is -3.32. The van der Waals surface area contributed by atoms with Gasteiger partial charge in [0.25, 0.3) is 5.91 Å². The Bertz CT molecular complexity index is 945. The van der Waals surface area contributed by atoms with Crippen molar-refractivity contribution in [2.75, 3.05) is 16.5 Å². The van der Waals surface area contributed by atoms with Gasteiger partial charge >= 0.3 is 0 Å². The summed E-state index contributed by atoms with van der Waals surface area (Å²) >= 11 is 5.90. The third-order valence-electron chi connectivity index (χ3n) is 3.89. The van der Waals surface area contributed by atoms with E-state index < -0.39 is 0 Å². The Morgan fingerprint density at radius 3 is 2.56 bits per heavy atom. The predicted molar refractivity (Wildman–Crippen MR) is 108 cm³/mol. The third-order valence-corrected chi connectivity index (χ3v) is 4.13. The molecule has 1 aromatic heterocycles. The molecule has 0 saturated heterocycles. The summed E-state index contributed by atoms with van der Waals surface area (Å²) in [5.41, 5.74) is 14.2. The van der Waals surface area contributed by atoms with Crippen molar-refractivity contribution in [3.05, 3.63) is 71.0 Å². The highest BCUT2D eigenvalue weighted by molar-refractivity contribution is 6.30. The molecular weight excluding hydrogens is 364 g/mol. The molecule has 1 heterocycles. The molecule has 5 N–H and O–H groups in total. The maximum absolute atomic E-state index is 12.2. The lowest BCUT2D eigenvalue weighted by Gasteiger charge is -2.13. The van der Waals surface area contributed by atoms with E-state index in [-0.39, 0.29) is 17.4 Å². The largest absolute Gasteiger partial charge is 0.393 e. The fraction of sp³-hybridized carbons (Fsp3) is 0.105. The topological polar surface area (TPSA) is 105 Å².